The highest BCUT2D eigenvalue weighted by Crippen LogP contribution is 2.04. The number of nitrogens with one attached hydrogen (secondary N) is 3. The van der Waals surface area contributed by atoms with Gasteiger partial charge in [0.15, 0.2) is 0 Å². The summed E-state index contributed by atoms with van der Waals surface area (Å²) < 4.78 is 59.8. The topological polar surface area (TPSA) is 146 Å². The van der Waals surface area contributed by atoms with Gasteiger partial charge in [-0.2, -0.15) is 26.2 Å². The van der Waals surface area contributed by atoms with E-state index in [2.05, 4.69) is 23.9 Å². The number of hydroxylamine groups is 2. The number of nitrogens with zero attached hydrogens (tertiary/aromatic N) is 1. The van der Waals surface area contributed by atoms with Crippen LogP contribution in [-0.4, -0.2) is 78.8 Å². The zero-order valence-electron chi connectivity index (χ0n) is 11.3. The van der Waals surface area contributed by atoms with Crippen molar-refractivity contribution in [2.45, 2.75) is 0 Å². The Balaban J connectivity index is 2.55. The molecule has 0 aliphatic carbocycles. The van der Waals surface area contributed by atoms with Crippen LogP contribution in [-0.2, 0) is 28.7 Å². The van der Waals surface area contributed by atoms with Crippen molar-refractivity contribution < 1.29 is 29.3 Å². The largest absolute Gasteiger partial charge is 0.432 e. The molecule has 1 saturated heterocycles. The van der Waals surface area contributed by atoms with Gasteiger partial charge in [0.2, 0.25) is 0 Å². The monoisotopic (exact) mass is 348 g/mol. The molecule has 1 rings (SSSR count). The predicted molar refractivity (Wildman–Crippen MR) is 72.8 cm³/mol. The summed E-state index contributed by atoms with van der Waals surface area (Å²) in [5, 5.41) is 10.4. The summed E-state index contributed by atoms with van der Waals surface area (Å²) in [6.07, 6.45) is 0. The first kappa shape index (κ1) is 18.7. The van der Waals surface area contributed by atoms with Gasteiger partial charge in [-0.25, -0.2) is 0 Å². The number of hydrogen-bond donors (Lipinski definition) is 4. The molecule has 13 heteroatoms. The van der Waals surface area contributed by atoms with E-state index >= 15 is 0 Å². The maximum atomic E-state index is 11.3. The molecule has 4 N–H and O–H groups in total. The van der Waals surface area contributed by atoms with E-state index in [0.717, 1.165) is 18.2 Å². The summed E-state index contributed by atoms with van der Waals surface area (Å²) in [6, 6.07) is 0. The number of hydrogen-bond acceptors (Lipinski definition) is 10. The Morgan fingerprint density at radius 2 is 1.24 bits per heavy atom. The van der Waals surface area contributed by atoms with Gasteiger partial charge >= 0.3 is 20.8 Å². The minimum Gasteiger partial charge on any atom is -0.314 e. The van der Waals surface area contributed by atoms with Gasteiger partial charge in [0, 0.05) is 52.4 Å². The molecule has 126 valence electrons. The Morgan fingerprint density at radius 1 is 0.810 bits per heavy atom. The first-order valence-corrected chi connectivity index (χ1v) is 8.98. The van der Waals surface area contributed by atoms with Crippen molar-refractivity contribution in [2.24, 2.45) is 0 Å². The lowest BCUT2D eigenvalue weighted by atomic mass is 10.4. The van der Waals surface area contributed by atoms with Crippen LogP contribution in [0.4, 0.5) is 0 Å². The second kappa shape index (κ2) is 8.92. The van der Waals surface area contributed by atoms with Gasteiger partial charge < -0.3 is 16.0 Å². The van der Waals surface area contributed by atoms with E-state index in [4.69, 9.17) is 4.55 Å². The Morgan fingerprint density at radius 3 is 1.67 bits per heavy atom. The standard InChI is InChI=1S/C8H20N4O7S2/c13-20(14,15)19-21(16,17)18-12-7-5-10-3-1-9-2-4-11-6-8-12/h9-11H,1-8H2,(H,13,14,15). The molecule has 0 spiro atoms. The van der Waals surface area contributed by atoms with Crippen molar-refractivity contribution in [2.75, 3.05) is 52.4 Å². The fourth-order valence-electron chi connectivity index (χ4n) is 1.57. The molecule has 0 amide bonds. The van der Waals surface area contributed by atoms with Gasteiger partial charge in [-0.1, -0.05) is 3.63 Å². The van der Waals surface area contributed by atoms with Crippen LogP contribution >= 0.6 is 0 Å². The van der Waals surface area contributed by atoms with Crippen LogP contribution in [0.25, 0.3) is 0 Å². The minimum atomic E-state index is -5.15. The fourth-order valence-corrected chi connectivity index (χ4v) is 2.92. The Hall–Kier alpha value is -0.380. The van der Waals surface area contributed by atoms with Gasteiger partial charge in [0.05, 0.1) is 0 Å². The quantitative estimate of drug-likeness (QED) is 0.387. The van der Waals surface area contributed by atoms with Gasteiger partial charge in [0.1, 0.15) is 0 Å². The van der Waals surface area contributed by atoms with Crippen LogP contribution in [0.2, 0.25) is 0 Å². The second-order valence-corrected chi connectivity index (χ2v) is 6.52. The summed E-state index contributed by atoms with van der Waals surface area (Å²) in [7, 11) is -10.0. The smallest absolute Gasteiger partial charge is 0.314 e. The van der Waals surface area contributed by atoms with Gasteiger partial charge in [0.25, 0.3) is 0 Å². The summed E-state index contributed by atoms with van der Waals surface area (Å²) in [4.78, 5) is 0. The molecule has 1 heterocycles. The van der Waals surface area contributed by atoms with Gasteiger partial charge in [-0.3, -0.25) is 4.55 Å². The van der Waals surface area contributed by atoms with Crippen LogP contribution < -0.4 is 16.0 Å². The SMILES string of the molecule is O=S(=O)(O)OS(=O)(=O)ON1CCNCCNCCNCC1. The first-order valence-electron chi connectivity index (χ1n) is 6.29. The molecular formula is C8H20N4O7S2. The lowest BCUT2D eigenvalue weighted by Crippen LogP contribution is -2.42. The van der Waals surface area contributed by atoms with E-state index in [1.54, 1.807) is 0 Å². The zero-order valence-corrected chi connectivity index (χ0v) is 13.0. The third kappa shape index (κ3) is 10.0. The predicted octanol–water partition coefficient (Wildman–Crippen LogP) is -2.93. The maximum Gasteiger partial charge on any atom is 0.432 e. The van der Waals surface area contributed by atoms with Crippen LogP contribution in [0.3, 0.4) is 0 Å². The fraction of sp³-hybridized carbons (Fsp3) is 1.00. The van der Waals surface area contributed by atoms with E-state index in [-0.39, 0.29) is 13.1 Å². The van der Waals surface area contributed by atoms with Crippen molar-refractivity contribution in [1.29, 1.82) is 0 Å². The molecule has 0 aromatic heterocycles. The molecule has 1 aliphatic rings. The van der Waals surface area contributed by atoms with Crippen LogP contribution in [0.1, 0.15) is 0 Å². The summed E-state index contributed by atoms with van der Waals surface area (Å²) in [6.45, 7) is 4.18. The van der Waals surface area contributed by atoms with Crippen LogP contribution in [0.15, 0.2) is 0 Å². The van der Waals surface area contributed by atoms with E-state index in [1.165, 1.54) is 0 Å². The molecular weight excluding hydrogens is 328 g/mol. The third-order valence-electron chi connectivity index (χ3n) is 2.40. The summed E-state index contributed by atoms with van der Waals surface area (Å²) >= 11 is 0. The van der Waals surface area contributed by atoms with E-state index in [9.17, 15) is 16.8 Å². The maximum absolute atomic E-state index is 11.3. The van der Waals surface area contributed by atoms with E-state index < -0.39 is 20.8 Å². The molecule has 0 aromatic carbocycles. The lowest BCUT2D eigenvalue weighted by Gasteiger charge is -2.21. The van der Waals surface area contributed by atoms with E-state index in [1.807, 2.05) is 0 Å². The van der Waals surface area contributed by atoms with Crippen molar-refractivity contribution in [3.8, 4) is 0 Å². The van der Waals surface area contributed by atoms with Crippen LogP contribution in [0.5, 0.6) is 0 Å². The molecule has 0 radical (unpaired) electrons. The lowest BCUT2D eigenvalue weighted by molar-refractivity contribution is -0.0571. The molecule has 1 aliphatic heterocycles. The molecule has 0 atom stereocenters. The van der Waals surface area contributed by atoms with E-state index in [0.29, 0.717) is 26.2 Å². The second-order valence-electron chi connectivity index (χ2n) is 4.16. The molecule has 0 saturated carbocycles. The third-order valence-corrected chi connectivity index (χ3v) is 4.15. The molecule has 11 nitrogen and oxygen atoms in total. The summed E-state index contributed by atoms with van der Waals surface area (Å²) in [5.41, 5.74) is 0. The van der Waals surface area contributed by atoms with Crippen molar-refractivity contribution in [3.05, 3.63) is 0 Å². The van der Waals surface area contributed by atoms with Crippen molar-refractivity contribution in [1.82, 2.24) is 21.0 Å². The molecule has 0 aromatic rings. The Kier molecular flexibility index (Phi) is 7.93. The first-order chi connectivity index (χ1) is 9.79. The minimum absolute atomic E-state index is 0.190. The highest BCUT2D eigenvalue weighted by Gasteiger charge is 2.25. The van der Waals surface area contributed by atoms with Crippen molar-refractivity contribution >= 4 is 20.8 Å². The average Bonchev–Trinajstić information content (AvgIpc) is 2.29. The molecule has 0 unspecified atom stereocenters. The highest BCUT2D eigenvalue weighted by molar-refractivity contribution is 7.94. The van der Waals surface area contributed by atoms with Gasteiger partial charge in [-0.05, 0) is 0 Å². The highest BCUT2D eigenvalue weighted by atomic mass is 32.3. The molecule has 1 fully saturated rings. The Labute approximate surface area is 124 Å². The average molecular weight is 348 g/mol. The Bertz CT molecular complexity index is 483. The normalized spacial score (nSPS) is 21.4. The van der Waals surface area contributed by atoms with Crippen LogP contribution in [0, 0.1) is 0 Å². The van der Waals surface area contributed by atoms with Crippen molar-refractivity contribution in [3.63, 3.8) is 0 Å². The molecule has 0 bridgehead atoms. The number of rotatable bonds is 4. The molecule has 21 heavy (non-hydrogen) atoms. The summed E-state index contributed by atoms with van der Waals surface area (Å²) in [5.74, 6) is 0. The van der Waals surface area contributed by atoms with Gasteiger partial charge in [-0.15, -0.1) is 0 Å². The zero-order chi connectivity index (χ0) is 15.8.